The number of ether oxygens (including phenoxy) is 1. The number of benzene rings is 1. The van der Waals surface area contributed by atoms with Crippen molar-refractivity contribution < 1.29 is 33.5 Å². The number of hydrogen-bond acceptors (Lipinski definition) is 8. The Bertz CT molecular complexity index is 1380. The fraction of sp³-hybridized carbons (Fsp3) is 0.657. The van der Waals surface area contributed by atoms with Gasteiger partial charge in [-0.25, -0.2) is 0 Å². The Morgan fingerprint density at radius 1 is 1.11 bits per heavy atom. The van der Waals surface area contributed by atoms with Gasteiger partial charge in [0.25, 0.3) is 0 Å². The highest BCUT2D eigenvalue weighted by Crippen LogP contribution is 2.43. The highest BCUT2D eigenvalue weighted by Gasteiger charge is 2.55. The Morgan fingerprint density at radius 2 is 1.84 bits per heavy atom. The molecule has 3 fully saturated rings. The van der Waals surface area contributed by atoms with Crippen LogP contribution in [0.5, 0.6) is 0 Å². The van der Waals surface area contributed by atoms with Crippen molar-refractivity contribution in [2.24, 2.45) is 28.3 Å². The molecule has 0 radical (unpaired) electrons. The number of carbonyl (C=O) groups is 5. The average Bonchev–Trinajstić information content (AvgIpc) is 3.57. The number of amides is 1. The normalized spacial score (nSPS) is 24.4. The van der Waals surface area contributed by atoms with Gasteiger partial charge in [0.05, 0.1) is 30.6 Å². The van der Waals surface area contributed by atoms with Gasteiger partial charge in [-0.3, -0.25) is 24.0 Å². The lowest BCUT2D eigenvalue weighted by Gasteiger charge is -2.35. The third-order valence-electron chi connectivity index (χ3n) is 9.85. The molecule has 1 spiro atoms. The van der Waals surface area contributed by atoms with Crippen molar-refractivity contribution in [1.82, 2.24) is 4.90 Å². The number of hydrogen-bond donors (Lipinski definition) is 0. The average molecular weight is 641 g/mol. The minimum absolute atomic E-state index is 0.0903. The molecule has 1 aromatic carbocycles. The number of likely N-dealkylation sites (tertiary alicyclic amines) is 1. The molecule has 0 N–H and O–H groups in total. The number of carbonyl (C=O) groups excluding carboxylic acids is 5. The second kappa shape index (κ2) is 13.3. The second-order valence-corrected chi connectivity index (χ2v) is 15.0. The first-order valence-corrected chi connectivity index (χ1v) is 16.8. The van der Waals surface area contributed by atoms with Gasteiger partial charge >= 0.3 is 5.97 Å². The monoisotopic (exact) mass is 640 g/mol. The van der Waals surface area contributed by atoms with E-state index in [2.05, 4.69) is 5.16 Å². The third-order valence-corrected chi connectivity index (χ3v) is 10.1. The van der Waals surface area contributed by atoms with Gasteiger partial charge < -0.3 is 14.5 Å². The Labute approximate surface area is 270 Å². The van der Waals surface area contributed by atoms with Crippen LogP contribution >= 0.6 is 11.6 Å². The van der Waals surface area contributed by atoms with Crippen LogP contribution in [0.3, 0.4) is 0 Å². The number of halogens is 1. The molecule has 4 aliphatic rings. The Morgan fingerprint density at radius 3 is 2.44 bits per heavy atom. The molecule has 1 saturated heterocycles. The second-order valence-electron chi connectivity index (χ2n) is 14.5. The van der Waals surface area contributed by atoms with E-state index in [-0.39, 0.29) is 50.0 Å². The van der Waals surface area contributed by atoms with Gasteiger partial charge in [0.15, 0.2) is 17.2 Å². The van der Waals surface area contributed by atoms with Crippen LogP contribution in [-0.2, 0) is 33.5 Å². The summed E-state index contributed by atoms with van der Waals surface area (Å²) in [6.07, 6.45) is 5.49. The molecular weight excluding hydrogens is 596 g/mol. The fourth-order valence-electron chi connectivity index (χ4n) is 6.68. The van der Waals surface area contributed by atoms with Gasteiger partial charge in [-0.2, -0.15) is 0 Å². The van der Waals surface area contributed by atoms with Crippen molar-refractivity contribution in [2.75, 3.05) is 6.54 Å². The maximum absolute atomic E-state index is 14.4. The van der Waals surface area contributed by atoms with Gasteiger partial charge in [-0.05, 0) is 49.1 Å². The molecule has 9 nitrogen and oxygen atoms in total. The molecule has 2 aliphatic heterocycles. The highest BCUT2D eigenvalue weighted by atomic mass is 35.5. The van der Waals surface area contributed by atoms with Crippen LogP contribution in [0.25, 0.3) is 0 Å². The maximum atomic E-state index is 14.4. The summed E-state index contributed by atoms with van der Waals surface area (Å²) < 4.78 is 5.62. The van der Waals surface area contributed by atoms with E-state index in [1.165, 1.54) is 0 Å². The van der Waals surface area contributed by atoms with Gasteiger partial charge in [-0.15, -0.1) is 0 Å². The molecule has 1 aromatic rings. The maximum Gasteiger partial charge on any atom is 0.306 e. The summed E-state index contributed by atoms with van der Waals surface area (Å²) in [6.45, 7) is 7.47. The lowest BCUT2D eigenvalue weighted by molar-refractivity contribution is -0.159. The predicted octanol–water partition coefficient (Wildman–Crippen LogP) is 5.88. The molecular formula is C35H45ClN2O7. The molecule has 0 bridgehead atoms. The van der Waals surface area contributed by atoms with Crippen LogP contribution in [0.2, 0.25) is 5.02 Å². The zero-order chi connectivity index (χ0) is 32.5. The number of rotatable bonds is 13. The number of esters is 1. The van der Waals surface area contributed by atoms with Crippen molar-refractivity contribution in [1.29, 1.82) is 0 Å². The van der Waals surface area contributed by atoms with E-state index in [0.29, 0.717) is 29.5 Å². The Hall–Kier alpha value is -3.07. The van der Waals surface area contributed by atoms with Crippen LogP contribution in [0.4, 0.5) is 0 Å². The Balaban J connectivity index is 1.40. The fourth-order valence-corrected chi connectivity index (χ4v) is 6.87. The summed E-state index contributed by atoms with van der Waals surface area (Å²) in [6, 6.07) is 6.40. The van der Waals surface area contributed by atoms with Gasteiger partial charge in [0.2, 0.25) is 11.7 Å². The van der Waals surface area contributed by atoms with Gasteiger partial charge in [0.1, 0.15) is 6.10 Å². The van der Waals surface area contributed by atoms with Crippen molar-refractivity contribution in [3.8, 4) is 0 Å². The van der Waals surface area contributed by atoms with E-state index in [0.717, 1.165) is 37.7 Å². The third kappa shape index (κ3) is 7.84. The summed E-state index contributed by atoms with van der Waals surface area (Å²) in [5.41, 5.74) is -0.0790. The zero-order valence-electron chi connectivity index (χ0n) is 26.8. The summed E-state index contributed by atoms with van der Waals surface area (Å²) >= 11 is 6.23. The van der Waals surface area contributed by atoms with Crippen LogP contribution < -0.4 is 0 Å². The van der Waals surface area contributed by atoms with Crippen LogP contribution in [0.15, 0.2) is 29.4 Å². The van der Waals surface area contributed by atoms with E-state index < -0.39 is 46.4 Å². The molecule has 244 valence electrons. The lowest BCUT2D eigenvalue weighted by atomic mass is 9.77. The lowest BCUT2D eigenvalue weighted by Crippen LogP contribution is -2.48. The molecule has 2 aliphatic carbocycles. The molecule has 0 unspecified atom stereocenters. The molecule has 4 atom stereocenters. The topological polar surface area (TPSA) is 119 Å². The molecule has 10 heteroatoms. The van der Waals surface area contributed by atoms with Crippen LogP contribution in [0, 0.1) is 23.2 Å². The van der Waals surface area contributed by atoms with Crippen LogP contribution in [-0.4, -0.2) is 64.1 Å². The number of Topliss-reactive ketones (excluding diaryl/α,β-unsaturated/α-hetero) is 3. The molecule has 1 amide bonds. The Kier molecular flexibility index (Phi) is 9.87. The number of oxime groups is 1. The number of ketones is 3. The quantitative estimate of drug-likeness (QED) is 0.195. The summed E-state index contributed by atoms with van der Waals surface area (Å²) in [4.78, 5) is 74.6. The zero-order valence-corrected chi connectivity index (χ0v) is 27.6. The van der Waals surface area contributed by atoms with Crippen molar-refractivity contribution in [3.63, 3.8) is 0 Å². The van der Waals surface area contributed by atoms with Crippen molar-refractivity contribution in [2.45, 2.75) is 116 Å². The minimum atomic E-state index is -0.947. The molecule has 2 heterocycles. The first-order chi connectivity index (χ1) is 21.3. The predicted molar refractivity (Wildman–Crippen MR) is 169 cm³/mol. The molecule has 0 aromatic heterocycles. The standard InChI is InChI=1S/C35H45ClN2O7/c1-5-29(39)32(42)23(14-21-12-13-21)16-30(40)28-19-35(18-27(37-45-35)22-8-6-9-24(36)15-22)20-38(28)33(43)26(34(2,3)4)17-31(41)44-25-10-7-11-25/h6,8-9,15,21,23,25-26,28H,5,7,10-14,16-20H2,1-4H3/t23-,26-,28+,35-/m1/s1. The highest BCUT2D eigenvalue weighted by molar-refractivity contribution is 6.38. The van der Waals surface area contributed by atoms with E-state index in [4.69, 9.17) is 21.2 Å². The first kappa shape index (κ1) is 33.3. The summed E-state index contributed by atoms with van der Waals surface area (Å²) in [5, 5.41) is 4.92. The minimum Gasteiger partial charge on any atom is -0.462 e. The SMILES string of the molecule is CCC(=O)C(=O)[C@@H](CC(=O)[C@@H]1C[C@]2(CC(c3cccc(Cl)c3)=NO2)CN1C(=O)[C@@H](CC(=O)OC1CCC1)C(C)(C)C)CC1CC1. The van der Waals surface area contributed by atoms with Crippen LogP contribution in [0.1, 0.15) is 104 Å². The van der Waals surface area contributed by atoms with Crippen molar-refractivity contribution >= 4 is 46.5 Å². The van der Waals surface area contributed by atoms with Gasteiger partial charge in [-0.1, -0.05) is 69.4 Å². The van der Waals surface area contributed by atoms with E-state index in [9.17, 15) is 24.0 Å². The van der Waals surface area contributed by atoms with Gasteiger partial charge in [0, 0.05) is 42.2 Å². The first-order valence-electron chi connectivity index (χ1n) is 16.4. The van der Waals surface area contributed by atoms with E-state index in [1.54, 1.807) is 24.0 Å². The largest absolute Gasteiger partial charge is 0.462 e. The molecule has 45 heavy (non-hydrogen) atoms. The summed E-state index contributed by atoms with van der Waals surface area (Å²) in [7, 11) is 0. The van der Waals surface area contributed by atoms with E-state index in [1.807, 2.05) is 32.9 Å². The number of nitrogens with zero attached hydrogens (tertiary/aromatic N) is 2. The van der Waals surface area contributed by atoms with E-state index >= 15 is 0 Å². The summed E-state index contributed by atoms with van der Waals surface area (Å²) in [5.74, 6) is -3.09. The molecule has 5 rings (SSSR count). The molecule has 2 saturated carbocycles. The van der Waals surface area contributed by atoms with Crippen molar-refractivity contribution in [3.05, 3.63) is 34.9 Å². The smallest absolute Gasteiger partial charge is 0.306 e.